The maximum atomic E-state index is 14.7. The monoisotopic (exact) mass is 474 g/mol. The molecule has 178 valence electrons. The van der Waals surface area contributed by atoms with Crippen LogP contribution < -0.4 is 5.32 Å². The van der Waals surface area contributed by atoms with Crippen LogP contribution >= 0.6 is 0 Å². The van der Waals surface area contributed by atoms with Gasteiger partial charge in [0, 0.05) is 12.1 Å². The summed E-state index contributed by atoms with van der Waals surface area (Å²) in [5.74, 6) is -4.84. The molecule has 2 amide bonds. The van der Waals surface area contributed by atoms with E-state index in [0.29, 0.717) is 5.56 Å². The van der Waals surface area contributed by atoms with Crippen LogP contribution in [-0.4, -0.2) is 34.2 Å². The lowest BCUT2D eigenvalue weighted by Gasteiger charge is -2.35. The molecule has 2 aromatic carbocycles. The van der Waals surface area contributed by atoms with E-state index in [2.05, 4.69) is 0 Å². The molecule has 0 spiro atoms. The normalized spacial score (nSPS) is 22.1. The van der Waals surface area contributed by atoms with E-state index in [1.807, 2.05) is 0 Å². The number of carbonyl (C=O) groups excluding carboxylic acids is 3. The second kappa shape index (κ2) is 8.07. The van der Waals surface area contributed by atoms with Crippen LogP contribution in [0.25, 0.3) is 0 Å². The molecule has 1 N–H and O–H groups in total. The number of hydrogen-bond donors (Lipinski definition) is 1. The van der Waals surface area contributed by atoms with Gasteiger partial charge in [-0.1, -0.05) is 56.3 Å². The molecule has 0 saturated heterocycles. The zero-order valence-corrected chi connectivity index (χ0v) is 18.5. The van der Waals surface area contributed by atoms with Crippen LogP contribution in [0.5, 0.6) is 0 Å². The van der Waals surface area contributed by atoms with Crippen LogP contribution in [-0.2, 0) is 16.1 Å². The van der Waals surface area contributed by atoms with E-state index >= 15 is 0 Å². The van der Waals surface area contributed by atoms with Gasteiger partial charge in [0.1, 0.15) is 5.82 Å². The predicted molar refractivity (Wildman–Crippen MR) is 115 cm³/mol. The Hall–Kier alpha value is -3.49. The lowest BCUT2D eigenvalue weighted by Crippen LogP contribution is -2.66. The Morgan fingerprint density at radius 2 is 1.62 bits per heavy atom. The fourth-order valence-corrected chi connectivity index (χ4v) is 4.64. The quantitative estimate of drug-likeness (QED) is 0.662. The number of hydrogen-bond acceptors (Lipinski definition) is 3. The highest BCUT2D eigenvalue weighted by Crippen LogP contribution is 2.52. The van der Waals surface area contributed by atoms with E-state index in [1.165, 1.54) is 12.1 Å². The van der Waals surface area contributed by atoms with Crippen LogP contribution in [0.4, 0.5) is 17.6 Å². The molecule has 0 saturated carbocycles. The smallest absolute Gasteiger partial charge is 0.326 e. The van der Waals surface area contributed by atoms with Gasteiger partial charge < -0.3 is 10.2 Å². The first kappa shape index (κ1) is 23.7. The molecule has 0 unspecified atom stereocenters. The number of nitrogens with one attached hydrogen (secondary N) is 1. The summed E-state index contributed by atoms with van der Waals surface area (Å²) < 4.78 is 58.4. The van der Waals surface area contributed by atoms with Crippen LogP contribution in [0.3, 0.4) is 0 Å². The van der Waals surface area contributed by atoms with Crippen molar-refractivity contribution in [1.29, 1.82) is 0 Å². The van der Waals surface area contributed by atoms with Gasteiger partial charge in [0.25, 0.3) is 11.8 Å². The van der Waals surface area contributed by atoms with E-state index in [0.717, 1.165) is 17.0 Å². The molecule has 0 bridgehead atoms. The van der Waals surface area contributed by atoms with Crippen molar-refractivity contribution in [1.82, 2.24) is 10.2 Å². The van der Waals surface area contributed by atoms with Gasteiger partial charge in [0.15, 0.2) is 5.78 Å². The molecule has 2 aliphatic rings. The van der Waals surface area contributed by atoms with E-state index in [9.17, 15) is 31.9 Å². The second-order valence-corrected chi connectivity index (χ2v) is 9.32. The summed E-state index contributed by atoms with van der Waals surface area (Å²) in [5.41, 5.74) is -5.26. The SMILES string of the molecule is CC1(C)CC(=O)C2=C(C1)N(Cc1ccccc1)C(=O)[C@@]2(NC(=O)c1ccccc1F)C(F)(F)F. The summed E-state index contributed by atoms with van der Waals surface area (Å²) in [6.07, 6.45) is -5.56. The summed E-state index contributed by atoms with van der Waals surface area (Å²) in [6, 6.07) is 12.9. The highest BCUT2D eigenvalue weighted by atomic mass is 19.4. The zero-order valence-electron chi connectivity index (χ0n) is 18.5. The Labute approximate surface area is 193 Å². The molecular formula is C25H22F4N2O3. The molecule has 4 rings (SSSR count). The number of nitrogens with zero attached hydrogens (tertiary/aromatic N) is 1. The third kappa shape index (κ3) is 3.78. The van der Waals surface area contributed by atoms with E-state index < -0.39 is 51.7 Å². The maximum Gasteiger partial charge on any atom is 0.425 e. The lowest BCUT2D eigenvalue weighted by molar-refractivity contribution is -0.190. The molecule has 1 atom stereocenters. The first-order chi connectivity index (χ1) is 15.9. The molecule has 0 aromatic heterocycles. The Morgan fingerprint density at radius 3 is 2.24 bits per heavy atom. The minimum Gasteiger partial charge on any atom is -0.326 e. The largest absolute Gasteiger partial charge is 0.425 e. The Bertz CT molecular complexity index is 1200. The van der Waals surface area contributed by atoms with Crippen LogP contribution in [0, 0.1) is 11.2 Å². The number of allylic oxidation sites excluding steroid dienone is 1. The molecule has 1 aliphatic heterocycles. The molecule has 0 fully saturated rings. The fraction of sp³-hybridized carbons (Fsp3) is 0.320. The summed E-state index contributed by atoms with van der Waals surface area (Å²) >= 11 is 0. The van der Waals surface area contributed by atoms with Gasteiger partial charge in [0.05, 0.1) is 17.7 Å². The van der Waals surface area contributed by atoms with Gasteiger partial charge in [-0.2, -0.15) is 13.2 Å². The van der Waals surface area contributed by atoms with Gasteiger partial charge in [-0.05, 0) is 29.5 Å². The van der Waals surface area contributed by atoms with Gasteiger partial charge in [-0.25, -0.2) is 4.39 Å². The third-order valence-electron chi connectivity index (χ3n) is 6.15. The standard InChI is InChI=1S/C25H22F4N2O3/c1-23(2)12-18-20(19(32)13-23)24(25(27,28)29,30-21(33)16-10-6-7-11-17(16)26)22(34)31(18)14-15-8-4-3-5-9-15/h3-11H,12-14H2,1-2H3,(H,30,33)/t24-/m1/s1. The first-order valence-electron chi connectivity index (χ1n) is 10.6. The average molecular weight is 474 g/mol. The van der Waals surface area contributed by atoms with Crippen molar-refractivity contribution in [2.24, 2.45) is 5.41 Å². The van der Waals surface area contributed by atoms with Gasteiger partial charge in [0.2, 0.25) is 5.54 Å². The van der Waals surface area contributed by atoms with E-state index in [4.69, 9.17) is 0 Å². The average Bonchev–Trinajstić information content (AvgIpc) is 2.97. The molecule has 1 heterocycles. The van der Waals surface area contributed by atoms with Crippen molar-refractivity contribution < 1.29 is 31.9 Å². The highest BCUT2D eigenvalue weighted by Gasteiger charge is 2.71. The summed E-state index contributed by atoms with van der Waals surface area (Å²) in [7, 11) is 0. The maximum absolute atomic E-state index is 14.7. The van der Waals surface area contributed by atoms with E-state index in [1.54, 1.807) is 49.5 Å². The summed E-state index contributed by atoms with van der Waals surface area (Å²) in [4.78, 5) is 40.4. The Kier molecular flexibility index (Phi) is 5.62. The number of halogens is 4. The van der Waals surface area contributed by atoms with Gasteiger partial charge in [-0.15, -0.1) is 0 Å². The number of benzene rings is 2. The lowest BCUT2D eigenvalue weighted by atomic mass is 9.72. The summed E-state index contributed by atoms with van der Waals surface area (Å²) in [5, 5.41) is 1.74. The highest BCUT2D eigenvalue weighted by molar-refractivity contribution is 6.14. The van der Waals surface area contributed by atoms with Crippen molar-refractivity contribution >= 4 is 17.6 Å². The topological polar surface area (TPSA) is 66.5 Å². The third-order valence-corrected chi connectivity index (χ3v) is 6.15. The fourth-order valence-electron chi connectivity index (χ4n) is 4.64. The number of rotatable bonds is 4. The van der Waals surface area contributed by atoms with Gasteiger partial charge in [-0.3, -0.25) is 14.4 Å². The molecular weight excluding hydrogens is 452 g/mol. The second-order valence-electron chi connectivity index (χ2n) is 9.32. The number of Topliss-reactive ketones (excluding diaryl/α,β-unsaturated/α-hetero) is 1. The van der Waals surface area contributed by atoms with E-state index in [-0.39, 0.29) is 25.1 Å². The van der Waals surface area contributed by atoms with Crippen molar-refractivity contribution in [3.05, 3.63) is 82.8 Å². The van der Waals surface area contributed by atoms with Crippen LogP contribution in [0.1, 0.15) is 42.6 Å². The van der Waals surface area contributed by atoms with Crippen LogP contribution in [0.2, 0.25) is 0 Å². The van der Waals surface area contributed by atoms with Crippen molar-refractivity contribution in [2.75, 3.05) is 0 Å². The summed E-state index contributed by atoms with van der Waals surface area (Å²) in [6.45, 7) is 3.24. The van der Waals surface area contributed by atoms with Crippen molar-refractivity contribution in [2.45, 2.75) is 44.9 Å². The van der Waals surface area contributed by atoms with Crippen LogP contribution in [0.15, 0.2) is 65.9 Å². The van der Waals surface area contributed by atoms with Crippen molar-refractivity contribution in [3.63, 3.8) is 0 Å². The molecule has 9 heteroatoms. The molecule has 0 radical (unpaired) electrons. The van der Waals surface area contributed by atoms with Gasteiger partial charge >= 0.3 is 6.18 Å². The zero-order chi connectivity index (χ0) is 24.9. The molecule has 1 aliphatic carbocycles. The Morgan fingerprint density at radius 1 is 1.00 bits per heavy atom. The molecule has 5 nitrogen and oxygen atoms in total. The molecule has 2 aromatic rings. The first-order valence-corrected chi connectivity index (χ1v) is 10.6. The minimum atomic E-state index is -5.35. The number of amides is 2. The number of ketones is 1. The minimum absolute atomic E-state index is 0.0278. The Balaban J connectivity index is 1.89. The predicted octanol–water partition coefficient (Wildman–Crippen LogP) is 4.54. The number of alkyl halides is 3. The molecule has 34 heavy (non-hydrogen) atoms. The number of carbonyl (C=O) groups is 3. The van der Waals surface area contributed by atoms with Crippen molar-refractivity contribution in [3.8, 4) is 0 Å².